The fourth-order valence-electron chi connectivity index (χ4n) is 3.09. The molecular formula is C24H27N5O2. The van der Waals surface area contributed by atoms with Gasteiger partial charge in [-0.2, -0.15) is 0 Å². The summed E-state index contributed by atoms with van der Waals surface area (Å²) in [6.45, 7) is 6.28. The summed E-state index contributed by atoms with van der Waals surface area (Å²) >= 11 is 0. The molecule has 0 aliphatic carbocycles. The van der Waals surface area contributed by atoms with Crippen molar-refractivity contribution in [2.24, 2.45) is 5.92 Å². The third-order valence-corrected chi connectivity index (χ3v) is 4.82. The fourth-order valence-corrected chi connectivity index (χ4v) is 3.09. The van der Waals surface area contributed by atoms with E-state index in [1.807, 2.05) is 32.0 Å². The van der Waals surface area contributed by atoms with Gasteiger partial charge >= 0.3 is 0 Å². The summed E-state index contributed by atoms with van der Waals surface area (Å²) in [6.07, 6.45) is 7.45. The standard InChI is InChI=1S/C24H27N5O2/c1-4-17-6-5-7-19(8-17)20-9-21(23(28-13-20)24(31)16(2)3)29-22(30)14-25-10-18-11-26-15-27-12-18/h5-9,11-13,15-16,25H,4,10,14H2,1-3H3,(H,29,30). The lowest BCUT2D eigenvalue weighted by Crippen LogP contribution is -2.29. The predicted molar refractivity (Wildman–Crippen MR) is 121 cm³/mol. The van der Waals surface area contributed by atoms with Crippen LogP contribution in [0.2, 0.25) is 0 Å². The molecule has 0 fully saturated rings. The van der Waals surface area contributed by atoms with Gasteiger partial charge in [0.1, 0.15) is 12.0 Å². The summed E-state index contributed by atoms with van der Waals surface area (Å²) in [5, 5.41) is 5.91. The Morgan fingerprint density at radius 1 is 1.00 bits per heavy atom. The zero-order chi connectivity index (χ0) is 22.2. The zero-order valence-electron chi connectivity index (χ0n) is 18.1. The highest BCUT2D eigenvalue weighted by Gasteiger charge is 2.19. The molecule has 0 saturated heterocycles. The second-order valence-electron chi connectivity index (χ2n) is 7.59. The highest BCUT2D eigenvalue weighted by Crippen LogP contribution is 2.26. The van der Waals surface area contributed by atoms with Crippen molar-refractivity contribution < 1.29 is 9.59 Å². The van der Waals surface area contributed by atoms with Crippen LogP contribution in [-0.4, -0.2) is 33.2 Å². The summed E-state index contributed by atoms with van der Waals surface area (Å²) in [5.41, 5.74) is 4.63. The number of aromatic nitrogens is 3. The van der Waals surface area contributed by atoms with Crippen molar-refractivity contribution >= 4 is 17.4 Å². The van der Waals surface area contributed by atoms with Gasteiger partial charge in [-0.1, -0.05) is 45.0 Å². The Kier molecular flexibility index (Phi) is 7.56. The van der Waals surface area contributed by atoms with Crippen LogP contribution in [0.15, 0.2) is 55.2 Å². The Morgan fingerprint density at radius 2 is 1.77 bits per heavy atom. The van der Waals surface area contributed by atoms with Crippen LogP contribution in [0.25, 0.3) is 11.1 Å². The number of nitrogens with one attached hydrogen (secondary N) is 2. The molecule has 0 saturated carbocycles. The normalized spacial score (nSPS) is 10.8. The summed E-state index contributed by atoms with van der Waals surface area (Å²) in [5.74, 6) is -0.594. The van der Waals surface area contributed by atoms with Gasteiger partial charge in [0, 0.05) is 42.2 Å². The predicted octanol–water partition coefficient (Wildman–Crippen LogP) is 3.67. The van der Waals surface area contributed by atoms with Crippen molar-refractivity contribution in [3.63, 3.8) is 0 Å². The molecule has 0 spiro atoms. The van der Waals surface area contributed by atoms with Crippen molar-refractivity contribution in [3.8, 4) is 11.1 Å². The minimum Gasteiger partial charge on any atom is -0.323 e. The van der Waals surface area contributed by atoms with Crippen LogP contribution in [0, 0.1) is 5.92 Å². The maximum Gasteiger partial charge on any atom is 0.238 e. The number of carbonyl (C=O) groups excluding carboxylic acids is 2. The number of pyridine rings is 1. The largest absolute Gasteiger partial charge is 0.323 e. The van der Waals surface area contributed by atoms with E-state index < -0.39 is 0 Å². The number of rotatable bonds is 9. The van der Waals surface area contributed by atoms with E-state index in [-0.39, 0.29) is 29.8 Å². The lowest BCUT2D eigenvalue weighted by Gasteiger charge is -2.14. The molecule has 1 amide bonds. The molecule has 160 valence electrons. The maximum atomic E-state index is 12.7. The Morgan fingerprint density at radius 3 is 2.48 bits per heavy atom. The smallest absolute Gasteiger partial charge is 0.238 e. The number of hydrogen-bond donors (Lipinski definition) is 2. The topological polar surface area (TPSA) is 96.9 Å². The zero-order valence-corrected chi connectivity index (χ0v) is 18.1. The van der Waals surface area contributed by atoms with Crippen molar-refractivity contribution in [1.29, 1.82) is 0 Å². The first-order valence-electron chi connectivity index (χ1n) is 10.4. The molecular weight excluding hydrogens is 390 g/mol. The third kappa shape index (κ3) is 6.02. The molecule has 3 rings (SSSR count). The number of Topliss-reactive ketones (excluding diaryl/α,β-unsaturated/α-hetero) is 1. The van der Waals surface area contributed by atoms with E-state index in [1.165, 1.54) is 11.9 Å². The third-order valence-electron chi connectivity index (χ3n) is 4.82. The molecule has 0 atom stereocenters. The van der Waals surface area contributed by atoms with E-state index in [9.17, 15) is 9.59 Å². The van der Waals surface area contributed by atoms with Gasteiger partial charge in [-0.3, -0.25) is 14.6 Å². The van der Waals surface area contributed by atoms with Crippen LogP contribution < -0.4 is 10.6 Å². The molecule has 7 heteroatoms. The van der Waals surface area contributed by atoms with Gasteiger partial charge in [0.05, 0.1) is 12.2 Å². The van der Waals surface area contributed by atoms with Gasteiger partial charge in [0.25, 0.3) is 0 Å². The summed E-state index contributed by atoms with van der Waals surface area (Å²) in [4.78, 5) is 37.5. The molecule has 2 N–H and O–H groups in total. The molecule has 3 aromatic rings. The molecule has 1 aromatic carbocycles. The Labute approximate surface area is 182 Å². The van der Waals surface area contributed by atoms with Crippen molar-refractivity contribution in [1.82, 2.24) is 20.3 Å². The number of anilines is 1. The first kappa shape index (κ1) is 22.2. The van der Waals surface area contributed by atoms with Crippen LogP contribution in [0.5, 0.6) is 0 Å². The highest BCUT2D eigenvalue weighted by atomic mass is 16.2. The Bertz CT molecular complexity index is 1050. The van der Waals surface area contributed by atoms with Crippen molar-refractivity contribution in [2.45, 2.75) is 33.7 Å². The quantitative estimate of drug-likeness (QED) is 0.516. The molecule has 0 aliphatic rings. The van der Waals surface area contributed by atoms with E-state index >= 15 is 0 Å². The van der Waals surface area contributed by atoms with Crippen LogP contribution >= 0.6 is 0 Å². The number of aryl methyl sites for hydroxylation is 1. The van der Waals surface area contributed by atoms with Crippen LogP contribution in [-0.2, 0) is 17.8 Å². The van der Waals surface area contributed by atoms with Gasteiger partial charge in [-0.25, -0.2) is 9.97 Å². The van der Waals surface area contributed by atoms with Crippen LogP contribution in [0.3, 0.4) is 0 Å². The van der Waals surface area contributed by atoms with Crippen molar-refractivity contribution in [3.05, 3.63) is 72.1 Å². The maximum absolute atomic E-state index is 12.7. The monoisotopic (exact) mass is 417 g/mol. The minimum absolute atomic E-state index is 0.0831. The molecule has 7 nitrogen and oxygen atoms in total. The van der Waals surface area contributed by atoms with E-state index in [0.717, 1.165) is 23.1 Å². The average Bonchev–Trinajstić information content (AvgIpc) is 2.79. The van der Waals surface area contributed by atoms with E-state index in [1.54, 1.807) is 18.6 Å². The van der Waals surface area contributed by atoms with Crippen LogP contribution in [0.4, 0.5) is 5.69 Å². The lowest BCUT2D eigenvalue weighted by molar-refractivity contribution is -0.115. The first-order chi connectivity index (χ1) is 15.0. The summed E-state index contributed by atoms with van der Waals surface area (Å²) in [7, 11) is 0. The minimum atomic E-state index is -0.254. The van der Waals surface area contributed by atoms with Gasteiger partial charge in [-0.05, 0) is 23.6 Å². The summed E-state index contributed by atoms with van der Waals surface area (Å²) in [6, 6.07) is 9.97. The van der Waals surface area contributed by atoms with Gasteiger partial charge in [0.2, 0.25) is 5.91 Å². The fraction of sp³-hybridized carbons (Fsp3) is 0.292. The number of nitrogens with zero attached hydrogens (tertiary/aromatic N) is 3. The Hall–Kier alpha value is -3.45. The van der Waals surface area contributed by atoms with Gasteiger partial charge in [-0.15, -0.1) is 0 Å². The van der Waals surface area contributed by atoms with Gasteiger partial charge < -0.3 is 10.6 Å². The summed E-state index contributed by atoms with van der Waals surface area (Å²) < 4.78 is 0. The number of amides is 1. The van der Waals surface area contributed by atoms with Gasteiger partial charge in [0.15, 0.2) is 5.78 Å². The number of ketones is 1. The van der Waals surface area contributed by atoms with E-state index in [0.29, 0.717) is 12.2 Å². The lowest BCUT2D eigenvalue weighted by atomic mass is 10.00. The highest BCUT2D eigenvalue weighted by molar-refractivity contribution is 6.05. The first-order valence-corrected chi connectivity index (χ1v) is 10.4. The SMILES string of the molecule is CCc1cccc(-c2cnc(C(=O)C(C)C)c(NC(=O)CNCc3cncnc3)c2)c1. The van der Waals surface area contributed by atoms with Crippen molar-refractivity contribution in [2.75, 3.05) is 11.9 Å². The Balaban J connectivity index is 1.79. The number of benzene rings is 1. The van der Waals surface area contributed by atoms with E-state index in [2.05, 4.69) is 44.6 Å². The molecule has 31 heavy (non-hydrogen) atoms. The number of hydrogen-bond acceptors (Lipinski definition) is 6. The van der Waals surface area contributed by atoms with Crippen LogP contribution in [0.1, 0.15) is 42.4 Å². The molecule has 0 radical (unpaired) electrons. The molecule has 2 heterocycles. The molecule has 2 aromatic heterocycles. The number of carbonyl (C=O) groups is 2. The average molecular weight is 418 g/mol. The molecule has 0 aliphatic heterocycles. The second kappa shape index (κ2) is 10.5. The van der Waals surface area contributed by atoms with E-state index in [4.69, 9.17) is 0 Å². The second-order valence-corrected chi connectivity index (χ2v) is 7.59. The molecule has 0 bridgehead atoms. The molecule has 0 unspecified atom stereocenters.